The molecule has 5 N–H and O–H groups in total. The summed E-state index contributed by atoms with van der Waals surface area (Å²) < 4.78 is 5.67. The summed E-state index contributed by atoms with van der Waals surface area (Å²) >= 11 is 0. The first-order chi connectivity index (χ1) is 14.3. The van der Waals surface area contributed by atoms with E-state index < -0.39 is 37.1 Å². The van der Waals surface area contributed by atoms with Crippen LogP contribution in [0.5, 0.6) is 5.75 Å². The highest BCUT2D eigenvalue weighted by Gasteiger charge is 2.44. The maximum atomic E-state index is 10.7. The van der Waals surface area contributed by atoms with Gasteiger partial charge in [0.1, 0.15) is 36.3 Å². The van der Waals surface area contributed by atoms with Crippen LogP contribution in [0.3, 0.4) is 0 Å². The van der Waals surface area contributed by atoms with Crippen molar-refractivity contribution in [2.24, 2.45) is 0 Å². The van der Waals surface area contributed by atoms with Crippen LogP contribution in [0.25, 0.3) is 0 Å². The lowest BCUT2D eigenvalue weighted by atomic mass is 9.87. The van der Waals surface area contributed by atoms with E-state index >= 15 is 0 Å². The number of ether oxygens (including phenoxy) is 1. The lowest BCUT2D eigenvalue weighted by Gasteiger charge is -2.40. The quantitative estimate of drug-likeness (QED) is 0.493. The molecule has 5 atom stereocenters. The molecule has 0 amide bonds. The molecule has 1 aliphatic rings. The molecule has 1 aliphatic heterocycles. The molecule has 3 rings (SSSR count). The molecule has 0 bridgehead atoms. The van der Waals surface area contributed by atoms with Crippen LogP contribution in [0.1, 0.15) is 52.8 Å². The van der Waals surface area contributed by atoms with Gasteiger partial charge in [-0.2, -0.15) is 0 Å². The normalized spacial score (nSPS) is 26.7. The van der Waals surface area contributed by atoms with Crippen molar-refractivity contribution in [3.63, 3.8) is 0 Å². The Hall–Kier alpha value is -1.96. The van der Waals surface area contributed by atoms with Crippen LogP contribution in [0, 0.1) is 13.8 Å². The van der Waals surface area contributed by atoms with Crippen LogP contribution < -0.4 is 0 Å². The number of hydrogen-bond acceptors (Lipinski definition) is 6. The molecule has 0 saturated carbocycles. The van der Waals surface area contributed by atoms with Crippen molar-refractivity contribution in [3.05, 3.63) is 63.7 Å². The summed E-state index contributed by atoms with van der Waals surface area (Å²) in [4.78, 5) is 0. The highest BCUT2D eigenvalue weighted by atomic mass is 16.5. The maximum absolute atomic E-state index is 10.7. The fourth-order valence-electron chi connectivity index (χ4n) is 4.20. The Kier molecular flexibility index (Phi) is 7.16. The fourth-order valence-corrected chi connectivity index (χ4v) is 4.20. The van der Waals surface area contributed by atoms with Crippen LogP contribution >= 0.6 is 0 Å². The molecular weight excluding hydrogens is 384 g/mol. The van der Waals surface area contributed by atoms with E-state index in [1.54, 1.807) is 6.07 Å². The van der Waals surface area contributed by atoms with Crippen molar-refractivity contribution >= 4 is 0 Å². The van der Waals surface area contributed by atoms with Gasteiger partial charge in [0.2, 0.25) is 0 Å². The standard InChI is InChI=1S/C24H32O6/c1-4-5-16-11-19(26)18(24-23(29)22(28)21(27)20(12-25)30-24)10-17(16)9-15-7-6-13(2)8-14(15)3/h6-8,10-11,20-29H,4-5,9,12H2,1-3H3. The van der Waals surface area contributed by atoms with Crippen LogP contribution in [0.4, 0.5) is 0 Å². The van der Waals surface area contributed by atoms with Crippen molar-refractivity contribution in [3.8, 4) is 5.75 Å². The number of benzene rings is 2. The second-order valence-corrected chi connectivity index (χ2v) is 8.29. The zero-order chi connectivity index (χ0) is 22.0. The molecule has 1 heterocycles. The Balaban J connectivity index is 2.02. The molecular formula is C24H32O6. The van der Waals surface area contributed by atoms with E-state index in [-0.39, 0.29) is 5.75 Å². The average molecular weight is 417 g/mol. The summed E-state index contributed by atoms with van der Waals surface area (Å²) in [7, 11) is 0. The third kappa shape index (κ3) is 4.53. The van der Waals surface area contributed by atoms with E-state index in [9.17, 15) is 25.5 Å². The van der Waals surface area contributed by atoms with E-state index in [0.29, 0.717) is 12.0 Å². The SMILES string of the molecule is CCCc1cc(O)c(C2OC(CO)C(O)C(O)C2O)cc1Cc1ccc(C)cc1C. The third-order valence-corrected chi connectivity index (χ3v) is 5.95. The number of rotatable bonds is 6. The first kappa shape index (κ1) is 22.7. The van der Waals surface area contributed by atoms with Crippen molar-refractivity contribution in [2.45, 2.75) is 70.6 Å². The molecule has 6 heteroatoms. The second kappa shape index (κ2) is 9.45. The Morgan fingerprint density at radius 1 is 0.900 bits per heavy atom. The Morgan fingerprint density at radius 3 is 2.27 bits per heavy atom. The number of aliphatic hydroxyl groups excluding tert-OH is 4. The highest BCUT2D eigenvalue weighted by molar-refractivity contribution is 5.47. The van der Waals surface area contributed by atoms with Gasteiger partial charge in [0, 0.05) is 5.56 Å². The van der Waals surface area contributed by atoms with Gasteiger partial charge in [-0.1, -0.05) is 37.1 Å². The largest absolute Gasteiger partial charge is 0.508 e. The Morgan fingerprint density at radius 2 is 1.63 bits per heavy atom. The van der Waals surface area contributed by atoms with Gasteiger partial charge < -0.3 is 30.3 Å². The minimum absolute atomic E-state index is 0.0350. The topological polar surface area (TPSA) is 110 Å². The maximum Gasteiger partial charge on any atom is 0.121 e. The van der Waals surface area contributed by atoms with E-state index in [4.69, 9.17) is 4.74 Å². The molecule has 2 aromatic carbocycles. The zero-order valence-electron chi connectivity index (χ0n) is 17.7. The number of aliphatic hydroxyl groups is 4. The number of aryl methyl sites for hydroxylation is 3. The van der Waals surface area contributed by atoms with Crippen molar-refractivity contribution in [1.82, 2.24) is 0 Å². The summed E-state index contributed by atoms with van der Waals surface area (Å²) in [5.74, 6) is -0.0350. The predicted molar refractivity (Wildman–Crippen MR) is 114 cm³/mol. The van der Waals surface area contributed by atoms with Gasteiger partial charge in [0.25, 0.3) is 0 Å². The molecule has 1 fully saturated rings. The monoisotopic (exact) mass is 416 g/mol. The lowest BCUT2D eigenvalue weighted by molar-refractivity contribution is -0.232. The first-order valence-electron chi connectivity index (χ1n) is 10.5. The molecule has 30 heavy (non-hydrogen) atoms. The Labute approximate surface area is 177 Å². The van der Waals surface area contributed by atoms with Gasteiger partial charge in [-0.25, -0.2) is 0 Å². The minimum atomic E-state index is -1.49. The fraction of sp³-hybridized carbons (Fsp3) is 0.500. The number of aromatic hydroxyl groups is 1. The molecule has 0 aromatic heterocycles. The number of phenols is 1. The molecule has 164 valence electrons. The van der Waals surface area contributed by atoms with Crippen LogP contribution in [-0.4, -0.2) is 56.6 Å². The summed E-state index contributed by atoms with van der Waals surface area (Å²) in [6.45, 7) is 5.69. The molecule has 1 saturated heterocycles. The van der Waals surface area contributed by atoms with Gasteiger partial charge in [-0.05, 0) is 61.1 Å². The highest BCUT2D eigenvalue weighted by Crippen LogP contribution is 2.38. The lowest BCUT2D eigenvalue weighted by Crippen LogP contribution is -2.55. The third-order valence-electron chi connectivity index (χ3n) is 5.95. The van der Waals surface area contributed by atoms with Crippen molar-refractivity contribution in [2.75, 3.05) is 6.61 Å². The van der Waals surface area contributed by atoms with Crippen LogP contribution in [0.15, 0.2) is 30.3 Å². The van der Waals surface area contributed by atoms with Gasteiger partial charge in [0.15, 0.2) is 0 Å². The van der Waals surface area contributed by atoms with Crippen molar-refractivity contribution in [1.29, 1.82) is 0 Å². The molecule has 0 spiro atoms. The summed E-state index contributed by atoms with van der Waals surface area (Å²) in [6, 6.07) is 9.81. The molecule has 6 nitrogen and oxygen atoms in total. The molecule has 2 aromatic rings. The van der Waals surface area contributed by atoms with E-state index in [1.165, 1.54) is 16.7 Å². The minimum Gasteiger partial charge on any atom is -0.508 e. The van der Waals surface area contributed by atoms with Crippen LogP contribution in [0.2, 0.25) is 0 Å². The predicted octanol–water partition coefficient (Wildman–Crippen LogP) is 2.07. The van der Waals surface area contributed by atoms with Crippen molar-refractivity contribution < 1.29 is 30.3 Å². The van der Waals surface area contributed by atoms with Gasteiger partial charge in [-0.3, -0.25) is 0 Å². The number of phenolic OH excluding ortho intramolecular Hbond substituents is 1. The molecule has 5 unspecified atom stereocenters. The van der Waals surface area contributed by atoms with E-state index in [1.807, 2.05) is 6.07 Å². The Bertz CT molecular complexity index is 878. The second-order valence-electron chi connectivity index (χ2n) is 8.29. The molecule has 0 radical (unpaired) electrons. The summed E-state index contributed by atoms with van der Waals surface area (Å²) in [6.07, 6.45) is -4.07. The summed E-state index contributed by atoms with van der Waals surface area (Å²) in [5.41, 5.74) is 5.91. The summed E-state index contributed by atoms with van der Waals surface area (Å²) in [5, 5.41) is 50.9. The van der Waals surface area contributed by atoms with Gasteiger partial charge in [-0.15, -0.1) is 0 Å². The van der Waals surface area contributed by atoms with Gasteiger partial charge >= 0.3 is 0 Å². The van der Waals surface area contributed by atoms with E-state index in [0.717, 1.165) is 24.0 Å². The van der Waals surface area contributed by atoms with E-state index in [2.05, 4.69) is 39.0 Å². The van der Waals surface area contributed by atoms with Gasteiger partial charge in [0.05, 0.1) is 6.61 Å². The zero-order valence-corrected chi connectivity index (χ0v) is 17.7. The molecule has 0 aliphatic carbocycles. The average Bonchev–Trinajstić information content (AvgIpc) is 2.71. The first-order valence-corrected chi connectivity index (χ1v) is 10.5. The smallest absolute Gasteiger partial charge is 0.121 e. The number of hydrogen-bond donors (Lipinski definition) is 5. The van der Waals surface area contributed by atoms with Crippen LogP contribution in [-0.2, 0) is 17.6 Å².